The molecule has 0 amide bonds. The van der Waals surface area contributed by atoms with Gasteiger partial charge in [-0.15, -0.1) is 0 Å². The largest absolute Gasteiger partial charge is 0.330 e. The first kappa shape index (κ1) is 27.2. The number of fused-ring (bicyclic) bond motifs is 3. The molecule has 0 atom stereocenters. The summed E-state index contributed by atoms with van der Waals surface area (Å²) in [7, 11) is 0. The topological polar surface area (TPSA) is 34.0 Å². The zero-order valence-electron chi connectivity index (χ0n) is 23.3. The second-order valence-corrected chi connectivity index (χ2v) is 12.0. The van der Waals surface area contributed by atoms with E-state index in [1.165, 1.54) is 16.7 Å². The zero-order valence-corrected chi connectivity index (χ0v) is 24.8. The number of piperidine rings is 1. The number of hydrogen-bond donors (Lipinski definition) is 0. The Bertz CT molecular complexity index is 1720. The second-order valence-electron chi connectivity index (χ2n) is 11.2. The summed E-state index contributed by atoms with van der Waals surface area (Å²) in [5.74, 6) is 0.617. The predicted octanol–water partition coefficient (Wildman–Crippen LogP) is 8.99. The highest BCUT2D eigenvalue weighted by Crippen LogP contribution is 2.44. The number of aromatic nitrogens is 3. The Kier molecular flexibility index (Phi) is 7.45. The molecule has 0 saturated carbocycles. The number of pyridine rings is 1. The van der Waals surface area contributed by atoms with Gasteiger partial charge in [-0.1, -0.05) is 114 Å². The van der Waals surface area contributed by atoms with Gasteiger partial charge in [0.2, 0.25) is 0 Å². The quantitative estimate of drug-likeness (QED) is 0.137. The lowest BCUT2D eigenvalue weighted by Crippen LogP contribution is -2.51. The van der Waals surface area contributed by atoms with Gasteiger partial charge in [-0.05, 0) is 73.2 Å². The molecule has 2 aromatic heterocycles. The number of halogens is 2. The van der Waals surface area contributed by atoms with Crippen molar-refractivity contribution in [2.45, 2.75) is 31.3 Å². The summed E-state index contributed by atoms with van der Waals surface area (Å²) in [6, 6.07) is 38.8. The smallest absolute Gasteiger partial charge is 0.157 e. The standard InChI is InChI=1S/C36H32Cl2N4/c37-30-16-17-32-31(24-30)34-33(35(38)40-32)39-25-41(34)21-18-26-19-22-42(23-20-26)36(27-10-4-1-5-11-27,28-12-6-2-7-13-28)29-14-8-3-9-15-29/h1-17,24-26H,18-23H2. The number of likely N-dealkylation sites (tertiary alicyclic amines) is 1. The van der Waals surface area contributed by atoms with Gasteiger partial charge in [-0.25, -0.2) is 9.97 Å². The molecule has 42 heavy (non-hydrogen) atoms. The monoisotopic (exact) mass is 590 g/mol. The molecule has 1 aliphatic rings. The molecule has 6 heteroatoms. The maximum Gasteiger partial charge on any atom is 0.157 e. The fourth-order valence-electron chi connectivity index (χ4n) is 6.90. The third kappa shape index (κ3) is 4.78. The van der Waals surface area contributed by atoms with Crippen molar-refractivity contribution in [3.8, 4) is 0 Å². The average Bonchev–Trinajstić information content (AvgIpc) is 3.48. The first-order valence-corrected chi connectivity index (χ1v) is 15.4. The van der Waals surface area contributed by atoms with Crippen molar-refractivity contribution in [3.63, 3.8) is 0 Å². The van der Waals surface area contributed by atoms with Crippen molar-refractivity contribution in [1.29, 1.82) is 0 Å². The van der Waals surface area contributed by atoms with Gasteiger partial charge in [0.1, 0.15) is 5.52 Å². The van der Waals surface area contributed by atoms with Crippen molar-refractivity contribution >= 4 is 45.1 Å². The maximum absolute atomic E-state index is 6.52. The predicted molar refractivity (Wildman–Crippen MR) is 173 cm³/mol. The van der Waals surface area contributed by atoms with E-state index in [0.29, 0.717) is 16.1 Å². The molecule has 7 rings (SSSR count). The Morgan fingerprint density at radius 2 is 1.31 bits per heavy atom. The fraction of sp³-hybridized carbons (Fsp3) is 0.222. The second kappa shape index (κ2) is 11.5. The Morgan fingerprint density at radius 1 is 0.738 bits per heavy atom. The highest BCUT2D eigenvalue weighted by atomic mass is 35.5. The first-order chi connectivity index (χ1) is 20.6. The molecule has 0 aliphatic carbocycles. The molecule has 0 radical (unpaired) electrons. The summed E-state index contributed by atoms with van der Waals surface area (Å²) in [6.45, 7) is 2.91. The van der Waals surface area contributed by atoms with Crippen LogP contribution in [0.15, 0.2) is 116 Å². The van der Waals surface area contributed by atoms with E-state index in [4.69, 9.17) is 23.2 Å². The summed E-state index contributed by atoms with van der Waals surface area (Å²) in [6.07, 6.45) is 5.25. The Morgan fingerprint density at radius 3 is 1.88 bits per heavy atom. The molecule has 1 saturated heterocycles. The first-order valence-electron chi connectivity index (χ1n) is 14.7. The molecule has 3 heterocycles. The van der Waals surface area contributed by atoms with E-state index >= 15 is 0 Å². The van der Waals surface area contributed by atoms with Gasteiger partial charge in [0.15, 0.2) is 5.15 Å². The molecular formula is C36H32Cl2N4. The highest BCUT2D eigenvalue weighted by molar-refractivity contribution is 6.35. The fourth-order valence-corrected chi connectivity index (χ4v) is 7.31. The minimum absolute atomic E-state index is 0.350. The minimum Gasteiger partial charge on any atom is -0.330 e. The van der Waals surface area contributed by atoms with Gasteiger partial charge in [0.05, 0.1) is 22.9 Å². The lowest BCUT2D eigenvalue weighted by Gasteiger charge is -2.48. The van der Waals surface area contributed by atoms with Gasteiger partial charge in [0, 0.05) is 17.0 Å². The number of benzene rings is 4. The Balaban J connectivity index is 1.17. The average molecular weight is 592 g/mol. The third-order valence-electron chi connectivity index (χ3n) is 8.91. The summed E-state index contributed by atoms with van der Waals surface area (Å²) >= 11 is 12.9. The number of nitrogens with zero attached hydrogens (tertiary/aromatic N) is 4. The van der Waals surface area contributed by atoms with Gasteiger partial charge in [-0.2, -0.15) is 0 Å². The van der Waals surface area contributed by atoms with Crippen LogP contribution in [0.25, 0.3) is 21.9 Å². The van der Waals surface area contributed by atoms with Crippen LogP contribution in [-0.4, -0.2) is 32.5 Å². The van der Waals surface area contributed by atoms with Crippen molar-refractivity contribution < 1.29 is 0 Å². The SMILES string of the molecule is Clc1ccc2nc(Cl)c3ncn(CCC4CCN(C(c5ccccc5)(c5ccccc5)c5ccccc5)CC4)c3c2c1. The third-order valence-corrected chi connectivity index (χ3v) is 9.41. The van der Waals surface area contributed by atoms with Crippen LogP contribution in [0.5, 0.6) is 0 Å². The van der Waals surface area contributed by atoms with E-state index in [-0.39, 0.29) is 5.54 Å². The van der Waals surface area contributed by atoms with E-state index in [1.54, 1.807) is 0 Å². The van der Waals surface area contributed by atoms with Crippen molar-refractivity contribution in [3.05, 3.63) is 142 Å². The number of aryl methyl sites for hydroxylation is 1. The number of hydrogen-bond acceptors (Lipinski definition) is 3. The van der Waals surface area contributed by atoms with Crippen LogP contribution in [0.4, 0.5) is 0 Å². The lowest BCUT2D eigenvalue weighted by atomic mass is 9.74. The van der Waals surface area contributed by atoms with Crippen molar-refractivity contribution in [2.75, 3.05) is 13.1 Å². The summed E-state index contributed by atoms with van der Waals surface area (Å²) in [5, 5.41) is 2.12. The molecule has 1 fully saturated rings. The van der Waals surface area contributed by atoms with Crippen LogP contribution >= 0.6 is 23.2 Å². The van der Waals surface area contributed by atoms with Crippen LogP contribution in [0, 0.1) is 5.92 Å². The molecule has 4 nitrogen and oxygen atoms in total. The molecule has 4 aromatic carbocycles. The van der Waals surface area contributed by atoms with E-state index < -0.39 is 0 Å². The van der Waals surface area contributed by atoms with E-state index in [2.05, 4.69) is 110 Å². The molecule has 0 bridgehead atoms. The molecule has 0 spiro atoms. The van der Waals surface area contributed by atoms with E-state index in [1.807, 2.05) is 24.5 Å². The molecule has 210 valence electrons. The molecule has 0 N–H and O–H groups in total. The lowest BCUT2D eigenvalue weighted by molar-refractivity contribution is 0.0979. The van der Waals surface area contributed by atoms with Crippen LogP contribution in [0.1, 0.15) is 36.0 Å². The highest BCUT2D eigenvalue weighted by Gasteiger charge is 2.43. The number of imidazole rings is 1. The summed E-state index contributed by atoms with van der Waals surface area (Å²) in [5.41, 5.74) is 6.16. The van der Waals surface area contributed by atoms with Gasteiger partial charge >= 0.3 is 0 Å². The van der Waals surface area contributed by atoms with Crippen LogP contribution in [0.3, 0.4) is 0 Å². The molecule has 6 aromatic rings. The molecule has 0 unspecified atom stereocenters. The number of rotatable bonds is 7. The van der Waals surface area contributed by atoms with Crippen molar-refractivity contribution in [1.82, 2.24) is 19.4 Å². The van der Waals surface area contributed by atoms with Crippen LogP contribution < -0.4 is 0 Å². The van der Waals surface area contributed by atoms with Crippen LogP contribution in [0.2, 0.25) is 10.2 Å². The van der Waals surface area contributed by atoms with E-state index in [0.717, 1.165) is 60.8 Å². The van der Waals surface area contributed by atoms with Crippen LogP contribution in [-0.2, 0) is 12.1 Å². The van der Waals surface area contributed by atoms with Gasteiger partial charge in [0.25, 0.3) is 0 Å². The summed E-state index contributed by atoms with van der Waals surface area (Å²) in [4.78, 5) is 11.9. The van der Waals surface area contributed by atoms with Gasteiger partial charge in [-0.3, -0.25) is 4.90 Å². The Hall–Kier alpha value is -3.70. The summed E-state index contributed by atoms with van der Waals surface area (Å²) < 4.78 is 2.23. The maximum atomic E-state index is 6.52. The zero-order chi connectivity index (χ0) is 28.5. The normalized spacial score (nSPS) is 15.0. The Labute approximate surface area is 256 Å². The molecule has 1 aliphatic heterocycles. The minimum atomic E-state index is -0.350. The van der Waals surface area contributed by atoms with Gasteiger partial charge < -0.3 is 4.57 Å². The molecular weight excluding hydrogens is 559 g/mol. The van der Waals surface area contributed by atoms with Crippen molar-refractivity contribution in [2.24, 2.45) is 5.92 Å². The van der Waals surface area contributed by atoms with E-state index in [9.17, 15) is 0 Å².